The van der Waals surface area contributed by atoms with Crippen molar-refractivity contribution in [3.05, 3.63) is 29.0 Å². The SMILES string of the molecule is CNC(=O)C1COCCN1C(=O)c1cccnc1Cl. The molecule has 0 aliphatic carbocycles. The summed E-state index contributed by atoms with van der Waals surface area (Å²) in [7, 11) is 1.52. The molecule has 2 amide bonds. The number of aromatic nitrogens is 1. The lowest BCUT2D eigenvalue weighted by molar-refractivity contribution is -0.130. The van der Waals surface area contributed by atoms with E-state index in [9.17, 15) is 9.59 Å². The van der Waals surface area contributed by atoms with Crippen LogP contribution >= 0.6 is 11.6 Å². The Morgan fingerprint density at radius 1 is 1.58 bits per heavy atom. The predicted molar refractivity (Wildman–Crippen MR) is 69.0 cm³/mol. The third-order valence-corrected chi connectivity index (χ3v) is 3.23. The molecule has 1 aliphatic heterocycles. The second-order valence-electron chi connectivity index (χ2n) is 4.05. The monoisotopic (exact) mass is 283 g/mol. The van der Waals surface area contributed by atoms with E-state index in [1.807, 2.05) is 0 Å². The van der Waals surface area contributed by atoms with Gasteiger partial charge in [-0.2, -0.15) is 0 Å². The normalized spacial score (nSPS) is 19.1. The molecule has 102 valence electrons. The molecule has 6 nitrogen and oxygen atoms in total. The van der Waals surface area contributed by atoms with Crippen molar-refractivity contribution in [1.82, 2.24) is 15.2 Å². The average Bonchev–Trinajstić information content (AvgIpc) is 2.46. The quantitative estimate of drug-likeness (QED) is 0.794. The highest BCUT2D eigenvalue weighted by Gasteiger charge is 2.33. The first-order valence-corrected chi connectivity index (χ1v) is 6.23. The molecule has 1 aromatic heterocycles. The summed E-state index contributed by atoms with van der Waals surface area (Å²) < 4.78 is 5.25. The standard InChI is InChI=1S/C12H14ClN3O3/c1-14-11(17)9-7-19-6-5-16(9)12(18)8-3-2-4-15-10(8)13/h2-4,9H,5-7H2,1H3,(H,14,17). The fraction of sp³-hybridized carbons (Fsp3) is 0.417. The molecule has 0 radical (unpaired) electrons. The number of hydrogen-bond acceptors (Lipinski definition) is 4. The van der Waals surface area contributed by atoms with Crippen LogP contribution in [-0.2, 0) is 9.53 Å². The van der Waals surface area contributed by atoms with Gasteiger partial charge in [0.1, 0.15) is 11.2 Å². The highest BCUT2D eigenvalue weighted by molar-refractivity contribution is 6.32. The van der Waals surface area contributed by atoms with E-state index in [2.05, 4.69) is 10.3 Å². The van der Waals surface area contributed by atoms with E-state index in [0.717, 1.165) is 0 Å². The number of amides is 2. The van der Waals surface area contributed by atoms with Crippen molar-refractivity contribution in [3.63, 3.8) is 0 Å². The number of likely N-dealkylation sites (N-methyl/N-ethyl adjacent to an activating group) is 1. The molecule has 1 saturated heterocycles. The van der Waals surface area contributed by atoms with Gasteiger partial charge in [-0.15, -0.1) is 0 Å². The van der Waals surface area contributed by atoms with Gasteiger partial charge in [0.15, 0.2) is 0 Å². The Morgan fingerprint density at radius 3 is 3.05 bits per heavy atom. The van der Waals surface area contributed by atoms with Gasteiger partial charge in [0, 0.05) is 19.8 Å². The zero-order valence-electron chi connectivity index (χ0n) is 10.4. The summed E-state index contributed by atoms with van der Waals surface area (Å²) in [5, 5.41) is 2.66. The lowest BCUT2D eigenvalue weighted by atomic mass is 10.1. The maximum Gasteiger partial charge on any atom is 0.257 e. The maximum atomic E-state index is 12.4. The highest BCUT2D eigenvalue weighted by atomic mass is 35.5. The Bertz CT molecular complexity index is 495. The molecule has 1 aliphatic rings. The number of ether oxygens (including phenoxy) is 1. The molecule has 0 bridgehead atoms. The van der Waals surface area contributed by atoms with E-state index in [-0.39, 0.29) is 23.6 Å². The second-order valence-corrected chi connectivity index (χ2v) is 4.40. The van der Waals surface area contributed by atoms with Crippen LogP contribution < -0.4 is 5.32 Å². The fourth-order valence-electron chi connectivity index (χ4n) is 1.93. The van der Waals surface area contributed by atoms with E-state index < -0.39 is 6.04 Å². The van der Waals surface area contributed by atoms with Crippen molar-refractivity contribution in [3.8, 4) is 0 Å². The van der Waals surface area contributed by atoms with Crippen LogP contribution in [0.15, 0.2) is 18.3 Å². The van der Waals surface area contributed by atoms with Gasteiger partial charge >= 0.3 is 0 Å². The maximum absolute atomic E-state index is 12.4. The summed E-state index contributed by atoms with van der Waals surface area (Å²) in [6.45, 7) is 0.933. The van der Waals surface area contributed by atoms with Gasteiger partial charge in [0.2, 0.25) is 5.91 Å². The Labute approximate surface area is 115 Å². The van der Waals surface area contributed by atoms with Crippen LogP contribution in [0.5, 0.6) is 0 Å². The van der Waals surface area contributed by atoms with Crippen molar-refractivity contribution in [2.75, 3.05) is 26.8 Å². The Morgan fingerprint density at radius 2 is 2.37 bits per heavy atom. The van der Waals surface area contributed by atoms with E-state index in [1.54, 1.807) is 12.1 Å². The van der Waals surface area contributed by atoms with Crippen molar-refractivity contribution < 1.29 is 14.3 Å². The topological polar surface area (TPSA) is 71.5 Å². The minimum absolute atomic E-state index is 0.134. The summed E-state index contributed by atoms with van der Waals surface area (Å²) >= 11 is 5.91. The summed E-state index contributed by atoms with van der Waals surface area (Å²) in [6, 6.07) is 2.59. The van der Waals surface area contributed by atoms with Crippen LogP contribution in [0.1, 0.15) is 10.4 Å². The molecule has 2 heterocycles. The second kappa shape index (κ2) is 5.99. The minimum Gasteiger partial charge on any atom is -0.377 e. The first-order chi connectivity index (χ1) is 9.15. The third-order valence-electron chi connectivity index (χ3n) is 2.93. The van der Waals surface area contributed by atoms with Gasteiger partial charge in [-0.25, -0.2) is 4.98 Å². The van der Waals surface area contributed by atoms with Gasteiger partial charge in [-0.3, -0.25) is 9.59 Å². The van der Waals surface area contributed by atoms with Crippen molar-refractivity contribution >= 4 is 23.4 Å². The van der Waals surface area contributed by atoms with Gasteiger partial charge < -0.3 is 15.0 Å². The highest BCUT2D eigenvalue weighted by Crippen LogP contribution is 2.17. The number of morpholine rings is 1. The smallest absolute Gasteiger partial charge is 0.257 e. The Balaban J connectivity index is 2.25. The van der Waals surface area contributed by atoms with Crippen LogP contribution in [0.3, 0.4) is 0 Å². The van der Waals surface area contributed by atoms with E-state index in [4.69, 9.17) is 16.3 Å². The van der Waals surface area contributed by atoms with Crippen molar-refractivity contribution in [1.29, 1.82) is 0 Å². The largest absolute Gasteiger partial charge is 0.377 e. The van der Waals surface area contributed by atoms with Crippen LogP contribution in [0, 0.1) is 0 Å². The Hall–Kier alpha value is -1.66. The lowest BCUT2D eigenvalue weighted by Crippen LogP contribution is -2.55. The Kier molecular flexibility index (Phi) is 4.34. The number of hydrogen-bond donors (Lipinski definition) is 1. The van der Waals surface area contributed by atoms with Crippen LogP contribution in [-0.4, -0.2) is 54.5 Å². The van der Waals surface area contributed by atoms with Gasteiger partial charge in [-0.1, -0.05) is 11.6 Å². The first kappa shape index (κ1) is 13.8. The van der Waals surface area contributed by atoms with Gasteiger partial charge in [0.25, 0.3) is 5.91 Å². The number of pyridine rings is 1. The number of carbonyl (C=O) groups is 2. The third kappa shape index (κ3) is 2.85. The molecule has 19 heavy (non-hydrogen) atoms. The molecule has 1 aromatic rings. The number of rotatable bonds is 2. The number of halogens is 1. The zero-order chi connectivity index (χ0) is 13.8. The predicted octanol–water partition coefficient (Wildman–Crippen LogP) is 0.322. The molecular weight excluding hydrogens is 270 g/mol. The van der Waals surface area contributed by atoms with Crippen LogP contribution in [0.4, 0.5) is 0 Å². The molecule has 0 aromatic carbocycles. The molecule has 1 fully saturated rings. The number of carbonyl (C=O) groups excluding carboxylic acids is 2. The molecule has 1 atom stereocenters. The summed E-state index contributed by atoms with van der Waals surface area (Å²) in [4.78, 5) is 29.5. The van der Waals surface area contributed by atoms with Gasteiger partial charge in [-0.05, 0) is 12.1 Å². The van der Waals surface area contributed by atoms with Crippen LogP contribution in [0.2, 0.25) is 5.15 Å². The van der Waals surface area contributed by atoms with Crippen molar-refractivity contribution in [2.24, 2.45) is 0 Å². The van der Waals surface area contributed by atoms with E-state index in [0.29, 0.717) is 18.7 Å². The molecule has 0 saturated carbocycles. The molecule has 0 spiro atoms. The van der Waals surface area contributed by atoms with E-state index >= 15 is 0 Å². The summed E-state index contributed by atoms with van der Waals surface area (Å²) in [5.41, 5.74) is 0.292. The molecule has 1 unspecified atom stereocenters. The minimum atomic E-state index is -0.637. The average molecular weight is 284 g/mol. The summed E-state index contributed by atoms with van der Waals surface area (Å²) in [5.74, 6) is -0.567. The molecule has 7 heteroatoms. The van der Waals surface area contributed by atoms with Crippen LogP contribution in [0.25, 0.3) is 0 Å². The first-order valence-electron chi connectivity index (χ1n) is 5.86. The molecule has 2 rings (SSSR count). The van der Waals surface area contributed by atoms with Crippen molar-refractivity contribution in [2.45, 2.75) is 6.04 Å². The lowest BCUT2D eigenvalue weighted by Gasteiger charge is -2.34. The number of nitrogens with zero attached hydrogens (tertiary/aromatic N) is 2. The zero-order valence-corrected chi connectivity index (χ0v) is 11.2. The van der Waals surface area contributed by atoms with Gasteiger partial charge in [0.05, 0.1) is 18.8 Å². The number of nitrogens with one attached hydrogen (secondary N) is 1. The van der Waals surface area contributed by atoms with E-state index in [1.165, 1.54) is 18.1 Å². The molecule has 1 N–H and O–H groups in total. The summed E-state index contributed by atoms with van der Waals surface area (Å²) in [6.07, 6.45) is 1.51. The molecular formula is C12H14ClN3O3. The fourth-order valence-corrected chi connectivity index (χ4v) is 2.13.